The molecular weight excluding hydrogens is 355 g/mol. The summed E-state index contributed by atoms with van der Waals surface area (Å²) in [7, 11) is 1.66. The van der Waals surface area contributed by atoms with Gasteiger partial charge in [-0.2, -0.15) is 0 Å². The molecule has 0 amide bonds. The van der Waals surface area contributed by atoms with Gasteiger partial charge in [0.25, 0.3) is 0 Å². The zero-order valence-electron chi connectivity index (χ0n) is 10.9. The van der Waals surface area contributed by atoms with Gasteiger partial charge in [0.15, 0.2) is 5.82 Å². The first-order chi connectivity index (χ1) is 9.26. The van der Waals surface area contributed by atoms with Crippen molar-refractivity contribution < 1.29 is 4.74 Å². The van der Waals surface area contributed by atoms with Crippen LogP contribution in [0.25, 0.3) is 11.4 Å². The number of rotatable bonds is 5. The van der Waals surface area contributed by atoms with Crippen LogP contribution in [0.3, 0.4) is 0 Å². The van der Waals surface area contributed by atoms with Crippen LogP contribution in [0.4, 0.5) is 5.82 Å². The van der Waals surface area contributed by atoms with E-state index in [9.17, 15) is 0 Å². The molecule has 0 aromatic carbocycles. The van der Waals surface area contributed by atoms with Gasteiger partial charge in [0.1, 0.15) is 5.82 Å². The van der Waals surface area contributed by atoms with Gasteiger partial charge in [-0.25, -0.2) is 9.97 Å². The summed E-state index contributed by atoms with van der Waals surface area (Å²) in [5.41, 5.74) is 1.78. The number of hydrogen-bond acceptors (Lipinski definition) is 5. The lowest BCUT2D eigenvalue weighted by Gasteiger charge is -2.11. The Balaban J connectivity index is 2.49. The van der Waals surface area contributed by atoms with Gasteiger partial charge in [-0.3, -0.25) is 4.98 Å². The maximum atomic E-state index is 5.19. The predicted molar refractivity (Wildman–Crippen MR) is 82.9 cm³/mol. The topological polar surface area (TPSA) is 59.9 Å². The van der Waals surface area contributed by atoms with E-state index in [4.69, 9.17) is 4.74 Å². The minimum absolute atomic E-state index is 0.465. The maximum Gasteiger partial charge on any atom is 0.163 e. The number of nitrogens with zero attached hydrogens (tertiary/aromatic N) is 3. The highest BCUT2D eigenvalue weighted by atomic mass is 127. The number of methoxy groups -OCH3 is 1. The summed E-state index contributed by atoms with van der Waals surface area (Å²) in [6.45, 7) is 3.32. The lowest BCUT2D eigenvalue weighted by atomic mass is 10.2. The molecule has 2 rings (SSSR count). The Bertz CT molecular complexity index is 521. The number of aromatic nitrogens is 3. The molecule has 2 heterocycles. The molecule has 19 heavy (non-hydrogen) atoms. The summed E-state index contributed by atoms with van der Waals surface area (Å²) in [6, 6.07) is 3.82. The Morgan fingerprint density at radius 3 is 2.84 bits per heavy atom. The van der Waals surface area contributed by atoms with E-state index >= 15 is 0 Å². The van der Waals surface area contributed by atoms with Crippen molar-refractivity contribution in [2.24, 2.45) is 0 Å². The molecule has 6 heteroatoms. The van der Waals surface area contributed by atoms with E-state index in [-0.39, 0.29) is 0 Å². The molecule has 0 bridgehead atoms. The molecule has 2 aromatic heterocycles. The van der Waals surface area contributed by atoms with E-state index < -0.39 is 0 Å². The molecule has 0 fully saturated rings. The second-order valence-electron chi connectivity index (χ2n) is 3.86. The van der Waals surface area contributed by atoms with Crippen LogP contribution in [0.2, 0.25) is 0 Å². The lowest BCUT2D eigenvalue weighted by molar-refractivity contribution is 0.181. The number of anilines is 1. The highest BCUT2D eigenvalue weighted by molar-refractivity contribution is 14.1. The molecule has 100 valence electrons. The van der Waals surface area contributed by atoms with Crippen molar-refractivity contribution in [3.63, 3.8) is 0 Å². The van der Waals surface area contributed by atoms with Crippen molar-refractivity contribution in [2.45, 2.75) is 13.5 Å². The molecule has 0 aliphatic rings. The molecule has 0 unspecified atom stereocenters. The average molecular weight is 370 g/mol. The molecule has 1 N–H and O–H groups in total. The molecule has 0 saturated heterocycles. The van der Waals surface area contributed by atoms with Gasteiger partial charge < -0.3 is 10.1 Å². The van der Waals surface area contributed by atoms with Gasteiger partial charge in [0, 0.05) is 31.6 Å². The van der Waals surface area contributed by atoms with Gasteiger partial charge in [0.2, 0.25) is 0 Å². The third-order valence-corrected chi connectivity index (χ3v) is 3.60. The van der Waals surface area contributed by atoms with Crippen molar-refractivity contribution in [1.29, 1.82) is 0 Å². The van der Waals surface area contributed by atoms with Gasteiger partial charge in [-0.05, 0) is 41.6 Å². The van der Waals surface area contributed by atoms with Crippen molar-refractivity contribution in [2.75, 3.05) is 19.0 Å². The quantitative estimate of drug-likeness (QED) is 0.821. The molecule has 0 atom stereocenters. The van der Waals surface area contributed by atoms with E-state index in [1.54, 1.807) is 19.5 Å². The fourth-order valence-corrected chi connectivity index (χ4v) is 2.22. The van der Waals surface area contributed by atoms with E-state index in [0.29, 0.717) is 12.4 Å². The summed E-state index contributed by atoms with van der Waals surface area (Å²) in [4.78, 5) is 13.2. The van der Waals surface area contributed by atoms with Crippen molar-refractivity contribution >= 4 is 28.4 Å². The van der Waals surface area contributed by atoms with Crippen molar-refractivity contribution in [3.8, 4) is 11.4 Å². The Morgan fingerprint density at radius 2 is 2.21 bits per heavy atom. The molecule has 0 aliphatic carbocycles. The summed E-state index contributed by atoms with van der Waals surface area (Å²) in [6.07, 6.45) is 3.49. The number of ether oxygens (including phenoxy) is 1. The van der Waals surface area contributed by atoms with E-state index in [2.05, 4.69) is 42.9 Å². The van der Waals surface area contributed by atoms with Gasteiger partial charge in [-0.15, -0.1) is 0 Å². The molecule has 0 aliphatic heterocycles. The minimum Gasteiger partial charge on any atom is -0.378 e. The summed E-state index contributed by atoms with van der Waals surface area (Å²) in [5.74, 6) is 1.50. The Hall–Kier alpha value is -1.28. The molecular formula is C13H15IN4O. The van der Waals surface area contributed by atoms with E-state index in [1.807, 2.05) is 19.1 Å². The fourth-order valence-electron chi connectivity index (χ4n) is 1.63. The zero-order valence-corrected chi connectivity index (χ0v) is 13.0. The maximum absolute atomic E-state index is 5.19. The molecule has 0 radical (unpaired) electrons. The smallest absolute Gasteiger partial charge is 0.163 e. The summed E-state index contributed by atoms with van der Waals surface area (Å²) < 4.78 is 6.19. The van der Waals surface area contributed by atoms with Crippen molar-refractivity contribution in [3.05, 3.63) is 33.8 Å². The fraction of sp³-hybridized carbons (Fsp3) is 0.308. The number of halogens is 1. The first-order valence-corrected chi connectivity index (χ1v) is 7.03. The predicted octanol–water partition coefficient (Wildman–Crippen LogP) is 2.72. The largest absolute Gasteiger partial charge is 0.378 e. The second-order valence-corrected chi connectivity index (χ2v) is 4.94. The standard InChI is InChI=1S/C13H15IN4O/c1-3-16-13-11(14)10(8-19-2)17-12(18-13)9-5-4-6-15-7-9/h4-7H,3,8H2,1-2H3,(H,16,17,18). The second kappa shape index (κ2) is 6.76. The highest BCUT2D eigenvalue weighted by Crippen LogP contribution is 2.24. The van der Waals surface area contributed by atoms with Crippen LogP contribution >= 0.6 is 22.6 Å². The first-order valence-electron chi connectivity index (χ1n) is 5.95. The molecule has 5 nitrogen and oxygen atoms in total. The zero-order chi connectivity index (χ0) is 13.7. The van der Waals surface area contributed by atoms with Crippen LogP contribution in [-0.4, -0.2) is 28.6 Å². The third kappa shape index (κ3) is 3.38. The first kappa shape index (κ1) is 14.1. The Kier molecular flexibility index (Phi) is 5.03. The number of nitrogens with one attached hydrogen (secondary N) is 1. The minimum atomic E-state index is 0.465. The van der Waals surface area contributed by atoms with Gasteiger partial charge in [-0.1, -0.05) is 0 Å². The van der Waals surface area contributed by atoms with Crippen LogP contribution in [0.15, 0.2) is 24.5 Å². The molecule has 2 aromatic rings. The summed E-state index contributed by atoms with van der Waals surface area (Å²) in [5, 5.41) is 3.25. The normalized spacial score (nSPS) is 10.5. The highest BCUT2D eigenvalue weighted by Gasteiger charge is 2.12. The third-order valence-electron chi connectivity index (χ3n) is 2.46. The summed E-state index contributed by atoms with van der Waals surface area (Å²) >= 11 is 2.24. The lowest BCUT2D eigenvalue weighted by Crippen LogP contribution is -2.08. The van der Waals surface area contributed by atoms with Crippen molar-refractivity contribution in [1.82, 2.24) is 15.0 Å². The monoisotopic (exact) mass is 370 g/mol. The van der Waals surface area contributed by atoms with Crippen LogP contribution in [0.5, 0.6) is 0 Å². The molecule has 0 saturated carbocycles. The van der Waals surface area contributed by atoms with Gasteiger partial charge >= 0.3 is 0 Å². The molecule has 0 spiro atoms. The number of pyridine rings is 1. The Morgan fingerprint density at radius 1 is 1.37 bits per heavy atom. The SMILES string of the molecule is CCNc1nc(-c2cccnc2)nc(COC)c1I. The van der Waals surface area contributed by atoms with Crippen LogP contribution in [0, 0.1) is 3.57 Å². The van der Waals surface area contributed by atoms with Crippen LogP contribution in [0.1, 0.15) is 12.6 Å². The van der Waals surface area contributed by atoms with Crippen LogP contribution in [-0.2, 0) is 11.3 Å². The van der Waals surface area contributed by atoms with Crippen LogP contribution < -0.4 is 5.32 Å². The van der Waals surface area contributed by atoms with Gasteiger partial charge in [0.05, 0.1) is 15.9 Å². The van der Waals surface area contributed by atoms with E-state index in [0.717, 1.165) is 27.2 Å². The average Bonchev–Trinajstić information content (AvgIpc) is 2.44. The number of hydrogen-bond donors (Lipinski definition) is 1. The van der Waals surface area contributed by atoms with E-state index in [1.165, 1.54) is 0 Å². The Labute approximate surface area is 126 Å².